The molecule has 0 amide bonds. The molecule has 0 bridgehead atoms. The van der Waals surface area contributed by atoms with Crippen molar-refractivity contribution in [1.29, 1.82) is 0 Å². The van der Waals surface area contributed by atoms with Gasteiger partial charge in [0, 0.05) is 18.7 Å². The largest absolute Gasteiger partial charge is 0.493 e. The Bertz CT molecular complexity index is 1250. The molecule has 0 unspecified atom stereocenters. The summed E-state index contributed by atoms with van der Waals surface area (Å²) in [5.74, 6) is -0.336. The van der Waals surface area contributed by atoms with Crippen LogP contribution < -0.4 is 10.1 Å². The van der Waals surface area contributed by atoms with E-state index in [2.05, 4.69) is 5.32 Å². The van der Waals surface area contributed by atoms with E-state index in [1.807, 2.05) is 37.3 Å². The molecule has 6 nitrogen and oxygen atoms in total. The van der Waals surface area contributed by atoms with Crippen LogP contribution in [0.4, 0.5) is 13.2 Å². The average molecular weight is 544 g/mol. The SMILES string of the molecule is CCOC(=O)Cc1ccc(OCC)c(-c2ccc(C(F)(F)F)cc2CNCCC(=O)OCc2ccccc2)c1. The van der Waals surface area contributed by atoms with Crippen molar-refractivity contribution in [2.75, 3.05) is 19.8 Å². The summed E-state index contributed by atoms with van der Waals surface area (Å²) in [6.07, 6.45) is -4.45. The van der Waals surface area contributed by atoms with E-state index in [9.17, 15) is 22.8 Å². The van der Waals surface area contributed by atoms with Crippen LogP contribution in [0, 0.1) is 0 Å². The molecule has 0 aliphatic heterocycles. The van der Waals surface area contributed by atoms with Crippen LogP contribution >= 0.6 is 0 Å². The van der Waals surface area contributed by atoms with E-state index in [4.69, 9.17) is 14.2 Å². The van der Waals surface area contributed by atoms with Crippen molar-refractivity contribution in [2.45, 2.75) is 46.0 Å². The van der Waals surface area contributed by atoms with E-state index in [1.54, 1.807) is 25.1 Å². The predicted molar refractivity (Wildman–Crippen MR) is 141 cm³/mol. The molecule has 0 radical (unpaired) electrons. The van der Waals surface area contributed by atoms with Gasteiger partial charge in [0.15, 0.2) is 0 Å². The monoisotopic (exact) mass is 543 g/mol. The maximum atomic E-state index is 13.5. The quantitative estimate of drug-likeness (QED) is 0.208. The molecule has 39 heavy (non-hydrogen) atoms. The molecular weight excluding hydrogens is 511 g/mol. The highest BCUT2D eigenvalue weighted by atomic mass is 19.4. The Morgan fingerprint density at radius 2 is 1.59 bits per heavy atom. The summed E-state index contributed by atoms with van der Waals surface area (Å²) < 4.78 is 56.7. The van der Waals surface area contributed by atoms with Crippen LogP contribution in [-0.4, -0.2) is 31.7 Å². The number of rotatable bonds is 13. The van der Waals surface area contributed by atoms with Gasteiger partial charge in [-0.25, -0.2) is 0 Å². The highest BCUT2D eigenvalue weighted by molar-refractivity contribution is 5.78. The predicted octanol–water partition coefficient (Wildman–Crippen LogP) is 6.10. The van der Waals surface area contributed by atoms with E-state index in [0.29, 0.717) is 34.6 Å². The zero-order valence-corrected chi connectivity index (χ0v) is 22.0. The molecule has 9 heteroatoms. The number of nitrogens with one attached hydrogen (secondary N) is 1. The molecule has 3 aromatic carbocycles. The summed E-state index contributed by atoms with van der Waals surface area (Å²) in [4.78, 5) is 24.1. The third-order valence-electron chi connectivity index (χ3n) is 5.78. The summed E-state index contributed by atoms with van der Waals surface area (Å²) in [5, 5.41) is 3.05. The van der Waals surface area contributed by atoms with Gasteiger partial charge >= 0.3 is 18.1 Å². The van der Waals surface area contributed by atoms with Gasteiger partial charge in [-0.05, 0) is 60.4 Å². The number of hydrogen-bond donors (Lipinski definition) is 1. The van der Waals surface area contributed by atoms with Gasteiger partial charge in [0.05, 0.1) is 31.6 Å². The first-order chi connectivity index (χ1) is 18.7. The van der Waals surface area contributed by atoms with Gasteiger partial charge in [-0.2, -0.15) is 13.2 Å². The number of carbonyl (C=O) groups is 2. The fourth-order valence-electron chi connectivity index (χ4n) is 3.96. The Morgan fingerprint density at radius 1 is 0.821 bits per heavy atom. The van der Waals surface area contributed by atoms with E-state index >= 15 is 0 Å². The lowest BCUT2D eigenvalue weighted by molar-refractivity contribution is -0.145. The fourth-order valence-corrected chi connectivity index (χ4v) is 3.96. The molecule has 0 heterocycles. The van der Waals surface area contributed by atoms with Crippen LogP contribution in [0.25, 0.3) is 11.1 Å². The van der Waals surface area contributed by atoms with Gasteiger partial charge in [0.25, 0.3) is 0 Å². The number of halogens is 3. The first-order valence-electron chi connectivity index (χ1n) is 12.7. The van der Waals surface area contributed by atoms with Crippen molar-refractivity contribution < 1.29 is 37.0 Å². The zero-order valence-electron chi connectivity index (χ0n) is 22.0. The molecular formula is C30H32F3NO5. The molecule has 0 fully saturated rings. The smallest absolute Gasteiger partial charge is 0.416 e. The molecule has 3 aromatic rings. The molecule has 0 spiro atoms. The number of alkyl halides is 3. The van der Waals surface area contributed by atoms with Crippen LogP contribution in [0.15, 0.2) is 66.7 Å². The van der Waals surface area contributed by atoms with Crippen LogP contribution in [0.3, 0.4) is 0 Å². The average Bonchev–Trinajstić information content (AvgIpc) is 2.91. The molecule has 1 N–H and O–H groups in total. The summed E-state index contributed by atoms with van der Waals surface area (Å²) in [7, 11) is 0. The molecule has 0 atom stereocenters. The number of hydrogen-bond acceptors (Lipinski definition) is 6. The van der Waals surface area contributed by atoms with Crippen molar-refractivity contribution in [2.24, 2.45) is 0 Å². The Morgan fingerprint density at radius 3 is 2.28 bits per heavy atom. The van der Waals surface area contributed by atoms with Crippen LogP contribution in [0.2, 0.25) is 0 Å². The van der Waals surface area contributed by atoms with Crippen LogP contribution in [0.5, 0.6) is 5.75 Å². The molecule has 0 aliphatic carbocycles. The highest BCUT2D eigenvalue weighted by Gasteiger charge is 2.31. The zero-order chi connectivity index (χ0) is 28.3. The maximum absolute atomic E-state index is 13.5. The summed E-state index contributed by atoms with van der Waals surface area (Å²) >= 11 is 0. The lowest BCUT2D eigenvalue weighted by Gasteiger charge is -2.18. The van der Waals surface area contributed by atoms with E-state index in [1.165, 1.54) is 6.07 Å². The summed E-state index contributed by atoms with van der Waals surface area (Å²) in [6.45, 7) is 4.55. The minimum atomic E-state index is -4.52. The first kappa shape index (κ1) is 29.7. The van der Waals surface area contributed by atoms with Crippen LogP contribution in [-0.2, 0) is 44.8 Å². The van der Waals surface area contributed by atoms with Crippen molar-refractivity contribution in [3.63, 3.8) is 0 Å². The summed E-state index contributed by atoms with van der Waals surface area (Å²) in [6, 6.07) is 17.9. The highest BCUT2D eigenvalue weighted by Crippen LogP contribution is 2.37. The first-order valence-corrected chi connectivity index (χ1v) is 12.7. The summed E-state index contributed by atoms with van der Waals surface area (Å²) in [5.41, 5.74) is 2.18. The minimum Gasteiger partial charge on any atom is -0.493 e. The third kappa shape index (κ3) is 9.14. The van der Waals surface area contributed by atoms with E-state index in [0.717, 1.165) is 17.7 Å². The molecule has 0 saturated heterocycles. The van der Waals surface area contributed by atoms with Gasteiger partial charge in [-0.15, -0.1) is 0 Å². The normalized spacial score (nSPS) is 11.2. The van der Waals surface area contributed by atoms with Gasteiger partial charge < -0.3 is 19.5 Å². The van der Waals surface area contributed by atoms with Crippen molar-refractivity contribution in [3.8, 4) is 16.9 Å². The maximum Gasteiger partial charge on any atom is 0.416 e. The fraction of sp³-hybridized carbons (Fsp3) is 0.333. The molecule has 0 saturated carbocycles. The Balaban J connectivity index is 1.78. The van der Waals surface area contributed by atoms with Crippen molar-refractivity contribution in [3.05, 3.63) is 89.0 Å². The van der Waals surface area contributed by atoms with Gasteiger partial charge in [0.1, 0.15) is 12.4 Å². The van der Waals surface area contributed by atoms with E-state index in [-0.39, 0.29) is 39.1 Å². The Kier molecular flexibility index (Phi) is 10.9. The Labute approximate surface area is 226 Å². The number of benzene rings is 3. The molecule has 208 valence electrons. The molecule has 0 aromatic heterocycles. The Hall–Kier alpha value is -3.85. The van der Waals surface area contributed by atoms with Gasteiger partial charge in [-0.3, -0.25) is 9.59 Å². The second kappa shape index (κ2) is 14.3. The number of ether oxygens (including phenoxy) is 3. The third-order valence-corrected chi connectivity index (χ3v) is 5.78. The van der Waals surface area contributed by atoms with E-state index < -0.39 is 23.7 Å². The number of esters is 2. The second-order valence-electron chi connectivity index (χ2n) is 8.69. The number of carbonyl (C=O) groups excluding carboxylic acids is 2. The lowest BCUT2D eigenvalue weighted by Crippen LogP contribution is -2.20. The lowest BCUT2D eigenvalue weighted by atomic mass is 9.94. The van der Waals surface area contributed by atoms with Gasteiger partial charge in [-0.1, -0.05) is 42.5 Å². The van der Waals surface area contributed by atoms with Crippen molar-refractivity contribution >= 4 is 11.9 Å². The van der Waals surface area contributed by atoms with Crippen LogP contribution in [0.1, 0.15) is 42.5 Å². The minimum absolute atomic E-state index is 0.0204. The molecule has 0 aliphatic rings. The van der Waals surface area contributed by atoms with Crippen molar-refractivity contribution in [1.82, 2.24) is 5.32 Å². The second-order valence-corrected chi connectivity index (χ2v) is 8.69. The molecule has 3 rings (SSSR count). The standard InChI is InChI=1S/C30H32F3NO5/c1-3-37-27-13-10-22(17-29(36)38-4-2)16-26(27)25-12-11-24(30(31,32)33)18-23(25)19-34-15-14-28(35)39-20-21-8-6-5-7-9-21/h5-13,16,18,34H,3-4,14-15,17,19-20H2,1-2H3. The topological polar surface area (TPSA) is 73.9 Å². The van der Waals surface area contributed by atoms with Gasteiger partial charge in [0.2, 0.25) is 0 Å².